The van der Waals surface area contributed by atoms with Crippen LogP contribution < -0.4 is 0 Å². The van der Waals surface area contributed by atoms with E-state index in [0.29, 0.717) is 11.8 Å². The largest absolute Gasteiger partial charge is 0.103 e. The molecule has 0 nitrogen and oxygen atoms in total. The monoisotopic (exact) mass is 492 g/mol. The molecule has 0 aromatic heterocycles. The van der Waals surface area contributed by atoms with Crippen LogP contribution >= 0.6 is 0 Å². The van der Waals surface area contributed by atoms with Crippen LogP contribution in [0.3, 0.4) is 0 Å². The van der Waals surface area contributed by atoms with Crippen molar-refractivity contribution >= 4 is 0 Å². The fourth-order valence-corrected chi connectivity index (χ4v) is 6.38. The topological polar surface area (TPSA) is 0 Å². The summed E-state index contributed by atoms with van der Waals surface area (Å²) in [5, 5.41) is 0. The molecular formula is C37H48. The van der Waals surface area contributed by atoms with Gasteiger partial charge in [-0.3, -0.25) is 0 Å². The summed E-state index contributed by atoms with van der Waals surface area (Å²) in [6.07, 6.45) is 29.6. The number of aryl methyl sites for hydroxylation is 1. The minimum absolute atomic E-state index is 0.424. The van der Waals surface area contributed by atoms with Gasteiger partial charge in [-0.25, -0.2) is 0 Å². The molecular weight excluding hydrogens is 444 g/mol. The summed E-state index contributed by atoms with van der Waals surface area (Å²) in [6.45, 7) is 12.5. The third kappa shape index (κ3) is 6.84. The summed E-state index contributed by atoms with van der Waals surface area (Å²) in [4.78, 5) is 0. The molecule has 0 saturated carbocycles. The second kappa shape index (κ2) is 13.8. The molecule has 0 spiro atoms. The van der Waals surface area contributed by atoms with E-state index in [9.17, 15) is 0 Å². The van der Waals surface area contributed by atoms with Gasteiger partial charge in [-0.1, -0.05) is 100 Å². The van der Waals surface area contributed by atoms with E-state index in [-0.39, 0.29) is 0 Å². The maximum absolute atomic E-state index is 3.88. The van der Waals surface area contributed by atoms with E-state index < -0.39 is 0 Å². The van der Waals surface area contributed by atoms with E-state index in [1.54, 1.807) is 27.8 Å². The standard InChI is InChI=1S/C37H48/c1-5-7-9-11-13-15-19-29-23-24-32-31(25-29)26-36-35(32)27-34(28(3)4)33(22-16-14-12-10-8-6-2)37(36)30-20-17-18-21-30/h5-6,17-18,20-21,23-25,27-28,30H,1-2,7-16,19,22,26H2,3-4H3. The van der Waals surface area contributed by atoms with Crippen molar-refractivity contribution in [1.29, 1.82) is 0 Å². The highest BCUT2D eigenvalue weighted by atomic mass is 14.3. The van der Waals surface area contributed by atoms with E-state index >= 15 is 0 Å². The Kier molecular flexibility index (Phi) is 10.2. The Morgan fingerprint density at radius 3 is 2.08 bits per heavy atom. The molecule has 0 fully saturated rings. The second-order valence-corrected chi connectivity index (χ2v) is 11.5. The van der Waals surface area contributed by atoms with Gasteiger partial charge in [-0.2, -0.15) is 0 Å². The number of benzene rings is 2. The van der Waals surface area contributed by atoms with Crippen LogP contribution in [-0.4, -0.2) is 0 Å². The maximum Gasteiger partial charge on any atom is 0.0210 e. The molecule has 196 valence electrons. The van der Waals surface area contributed by atoms with Crippen LogP contribution in [0.5, 0.6) is 0 Å². The quantitative estimate of drug-likeness (QED) is 0.138. The van der Waals surface area contributed by atoms with E-state index in [1.807, 2.05) is 6.08 Å². The van der Waals surface area contributed by atoms with Crippen molar-refractivity contribution in [3.05, 3.63) is 107 Å². The van der Waals surface area contributed by atoms with Gasteiger partial charge in [-0.15, -0.1) is 13.2 Å². The summed E-state index contributed by atoms with van der Waals surface area (Å²) in [5.74, 6) is 0.964. The Bertz CT molecular complexity index is 1110. The minimum Gasteiger partial charge on any atom is -0.103 e. The summed E-state index contributed by atoms with van der Waals surface area (Å²) in [5.41, 5.74) is 12.5. The lowest BCUT2D eigenvalue weighted by Gasteiger charge is -2.24. The average molecular weight is 493 g/mol. The lowest BCUT2D eigenvalue weighted by Crippen LogP contribution is -2.08. The first-order valence-electron chi connectivity index (χ1n) is 15.0. The van der Waals surface area contributed by atoms with Gasteiger partial charge in [0, 0.05) is 5.92 Å². The first-order chi connectivity index (χ1) is 18.1. The molecule has 0 amide bonds. The van der Waals surface area contributed by atoms with Gasteiger partial charge in [-0.05, 0) is 108 Å². The molecule has 0 saturated heterocycles. The van der Waals surface area contributed by atoms with Gasteiger partial charge in [0.05, 0.1) is 0 Å². The Balaban J connectivity index is 1.58. The highest BCUT2D eigenvalue weighted by Gasteiger charge is 2.29. The zero-order valence-corrected chi connectivity index (χ0v) is 23.5. The number of unbranched alkanes of at least 4 members (excludes halogenated alkanes) is 8. The normalized spacial score (nSPS) is 13.9. The number of rotatable bonds is 16. The molecule has 0 bridgehead atoms. The molecule has 0 aliphatic heterocycles. The molecule has 0 unspecified atom stereocenters. The highest BCUT2D eigenvalue weighted by Crippen LogP contribution is 2.46. The third-order valence-corrected chi connectivity index (χ3v) is 8.36. The highest BCUT2D eigenvalue weighted by molar-refractivity contribution is 5.80. The molecule has 2 aromatic rings. The second-order valence-electron chi connectivity index (χ2n) is 11.5. The molecule has 2 aliphatic rings. The summed E-state index contributed by atoms with van der Waals surface area (Å²) in [6, 6.07) is 9.93. The minimum atomic E-state index is 0.424. The van der Waals surface area contributed by atoms with Crippen molar-refractivity contribution in [2.75, 3.05) is 0 Å². The Hall–Kier alpha value is -2.60. The Morgan fingerprint density at radius 1 is 0.784 bits per heavy atom. The van der Waals surface area contributed by atoms with Crippen molar-refractivity contribution in [2.24, 2.45) is 0 Å². The van der Waals surface area contributed by atoms with E-state index in [0.717, 1.165) is 19.3 Å². The summed E-state index contributed by atoms with van der Waals surface area (Å²) >= 11 is 0. The predicted molar refractivity (Wildman–Crippen MR) is 164 cm³/mol. The first-order valence-corrected chi connectivity index (χ1v) is 15.0. The van der Waals surface area contributed by atoms with Crippen LogP contribution in [-0.2, 0) is 19.3 Å². The Morgan fingerprint density at radius 2 is 1.43 bits per heavy atom. The van der Waals surface area contributed by atoms with Gasteiger partial charge in [0.25, 0.3) is 0 Å². The number of hydrogen-bond donors (Lipinski definition) is 0. The van der Waals surface area contributed by atoms with Crippen LogP contribution in [0, 0.1) is 0 Å². The van der Waals surface area contributed by atoms with Gasteiger partial charge in [0.15, 0.2) is 0 Å². The van der Waals surface area contributed by atoms with E-state index in [2.05, 4.69) is 81.7 Å². The van der Waals surface area contributed by atoms with Crippen molar-refractivity contribution in [3.63, 3.8) is 0 Å². The van der Waals surface area contributed by atoms with Crippen LogP contribution in [0.2, 0.25) is 0 Å². The number of allylic oxidation sites excluding steroid dienone is 6. The molecule has 0 radical (unpaired) electrons. The molecule has 0 N–H and O–H groups in total. The molecule has 0 heterocycles. The lowest BCUT2D eigenvalue weighted by molar-refractivity contribution is 0.640. The van der Waals surface area contributed by atoms with Crippen LogP contribution in [0.4, 0.5) is 0 Å². The van der Waals surface area contributed by atoms with Gasteiger partial charge >= 0.3 is 0 Å². The molecule has 2 aliphatic carbocycles. The lowest BCUT2D eigenvalue weighted by atomic mass is 9.80. The van der Waals surface area contributed by atoms with Gasteiger partial charge in [0.1, 0.15) is 0 Å². The van der Waals surface area contributed by atoms with Gasteiger partial charge < -0.3 is 0 Å². The molecule has 4 rings (SSSR count). The van der Waals surface area contributed by atoms with Crippen LogP contribution in [0.25, 0.3) is 11.1 Å². The Labute approximate surface area is 227 Å². The van der Waals surface area contributed by atoms with E-state index in [1.165, 1.54) is 80.9 Å². The summed E-state index contributed by atoms with van der Waals surface area (Å²) < 4.78 is 0. The fraction of sp³-hybridized carbons (Fsp3) is 0.459. The van der Waals surface area contributed by atoms with Crippen molar-refractivity contribution in [1.82, 2.24) is 0 Å². The summed E-state index contributed by atoms with van der Waals surface area (Å²) in [7, 11) is 0. The smallest absolute Gasteiger partial charge is 0.0210 e. The molecule has 37 heavy (non-hydrogen) atoms. The molecule has 0 atom stereocenters. The first kappa shape index (κ1) is 27.4. The number of fused-ring (bicyclic) bond motifs is 3. The third-order valence-electron chi connectivity index (χ3n) is 8.36. The van der Waals surface area contributed by atoms with Crippen LogP contribution in [0.15, 0.2) is 73.9 Å². The van der Waals surface area contributed by atoms with E-state index in [4.69, 9.17) is 0 Å². The zero-order chi connectivity index (χ0) is 26.0. The average Bonchev–Trinajstić information content (AvgIpc) is 3.55. The predicted octanol–water partition coefficient (Wildman–Crippen LogP) is 10.9. The van der Waals surface area contributed by atoms with Crippen LogP contribution in [0.1, 0.15) is 123 Å². The van der Waals surface area contributed by atoms with Crippen molar-refractivity contribution in [2.45, 2.75) is 109 Å². The van der Waals surface area contributed by atoms with Crippen molar-refractivity contribution in [3.8, 4) is 11.1 Å². The molecule has 0 heteroatoms. The SMILES string of the molecule is C=CCCCCCCc1ccc2c(c1)Cc1c-2cc(C(C)C)c(CCCCCCC=C)c1C1C=CC=C1. The fourth-order valence-electron chi connectivity index (χ4n) is 6.38. The molecule has 2 aromatic carbocycles. The maximum atomic E-state index is 3.88. The van der Waals surface area contributed by atoms with Crippen molar-refractivity contribution < 1.29 is 0 Å². The zero-order valence-electron chi connectivity index (χ0n) is 23.5. The van der Waals surface area contributed by atoms with Gasteiger partial charge in [0.2, 0.25) is 0 Å². The number of hydrogen-bond acceptors (Lipinski definition) is 0.